The van der Waals surface area contributed by atoms with E-state index in [1.54, 1.807) is 24.3 Å². The maximum Gasteiger partial charge on any atom is 0.310 e. The van der Waals surface area contributed by atoms with Gasteiger partial charge in [0.1, 0.15) is 11.6 Å². The molecule has 0 radical (unpaired) electrons. The molecule has 2 atom stereocenters. The monoisotopic (exact) mass is 505 g/mol. The second-order valence-electron chi connectivity index (χ2n) is 8.94. The van der Waals surface area contributed by atoms with Gasteiger partial charge in [-0.3, -0.25) is 14.8 Å². The molecule has 3 N–H and O–H groups in total. The van der Waals surface area contributed by atoms with Crippen molar-refractivity contribution in [2.24, 2.45) is 5.41 Å². The van der Waals surface area contributed by atoms with Gasteiger partial charge < -0.3 is 10.4 Å². The Labute approximate surface area is 207 Å². The van der Waals surface area contributed by atoms with E-state index in [-0.39, 0.29) is 17.5 Å². The van der Waals surface area contributed by atoms with Crippen LogP contribution < -0.4 is 5.32 Å². The van der Waals surface area contributed by atoms with Gasteiger partial charge in [0, 0.05) is 36.3 Å². The number of rotatable bonds is 7. The quantitative estimate of drug-likeness (QED) is 0.386. The molecule has 1 aromatic carbocycles. The summed E-state index contributed by atoms with van der Waals surface area (Å²) < 4.78 is 14.4. The molecule has 10 heteroatoms. The van der Waals surface area contributed by atoms with Crippen molar-refractivity contribution in [3.8, 4) is 0 Å². The molecule has 34 heavy (non-hydrogen) atoms. The molecule has 0 saturated carbocycles. The number of nitrogens with one attached hydrogen (secondary N) is 2. The molecular formula is C24H26Cl2FN5O2. The van der Waals surface area contributed by atoms with Gasteiger partial charge in [-0.15, -0.1) is 0 Å². The number of carbonyl (C=O) groups is 1. The average molecular weight is 506 g/mol. The summed E-state index contributed by atoms with van der Waals surface area (Å²) in [6, 6.07) is 10.1. The number of aryl methyl sites for hydroxylation is 1. The number of aromatic nitrogens is 3. The van der Waals surface area contributed by atoms with Gasteiger partial charge >= 0.3 is 5.97 Å². The second-order valence-corrected chi connectivity index (χ2v) is 9.75. The lowest BCUT2D eigenvalue weighted by atomic mass is 9.72. The highest BCUT2D eigenvalue weighted by atomic mass is 35.5. The molecule has 0 amide bonds. The summed E-state index contributed by atoms with van der Waals surface area (Å²) in [6.45, 7) is 4.72. The molecule has 1 aliphatic rings. The lowest BCUT2D eigenvalue weighted by Gasteiger charge is -2.43. The molecule has 0 spiro atoms. The van der Waals surface area contributed by atoms with Crippen LogP contribution >= 0.6 is 23.2 Å². The standard InChI is InChI=1S/C24H26Cl2FN5O2/c1-14-10-21(31-30-14)29-20-7-6-17(25)19(28-20)12-24(23(33)34)8-9-32(15(2)11-24)13-16-4-3-5-18(26)22(16)27/h3-7,10,15H,8-9,11-13H2,1-2H3,(H,33,34)(H2,28,29,30,31)/t15-,24-/m1/s1. The SMILES string of the molecule is Cc1cc(Nc2ccc(Cl)c(C[C@@]3(C(=O)O)CCN(Cc4cccc(Cl)c4F)[C@H](C)C3)n2)n[nH]1. The molecule has 2 aromatic heterocycles. The molecule has 3 aromatic rings. The minimum absolute atomic E-state index is 0.0845. The van der Waals surface area contributed by atoms with Gasteiger partial charge in [0.05, 0.1) is 21.2 Å². The van der Waals surface area contributed by atoms with Gasteiger partial charge in [-0.1, -0.05) is 35.3 Å². The predicted octanol–water partition coefficient (Wildman–Crippen LogP) is 5.60. The Balaban J connectivity index is 1.52. The third-order valence-electron chi connectivity index (χ3n) is 6.43. The van der Waals surface area contributed by atoms with E-state index in [1.807, 2.05) is 19.9 Å². The first-order chi connectivity index (χ1) is 16.2. The van der Waals surface area contributed by atoms with Gasteiger partial charge in [0.2, 0.25) is 0 Å². The topological polar surface area (TPSA) is 94.1 Å². The molecular weight excluding hydrogens is 480 g/mol. The Morgan fingerprint density at radius 3 is 2.76 bits per heavy atom. The summed E-state index contributed by atoms with van der Waals surface area (Å²) in [7, 11) is 0. The third-order valence-corrected chi connectivity index (χ3v) is 7.07. The number of hydrogen-bond acceptors (Lipinski definition) is 5. The van der Waals surface area contributed by atoms with Crippen molar-refractivity contribution in [2.45, 2.75) is 45.7 Å². The highest BCUT2D eigenvalue weighted by Crippen LogP contribution is 2.40. The Kier molecular flexibility index (Phi) is 7.12. The molecule has 0 unspecified atom stereocenters. The summed E-state index contributed by atoms with van der Waals surface area (Å²) in [4.78, 5) is 19.2. The number of likely N-dealkylation sites (tertiary alicyclic amines) is 1. The van der Waals surface area contributed by atoms with Crippen LogP contribution in [0.3, 0.4) is 0 Å². The molecule has 7 nitrogen and oxygen atoms in total. The van der Waals surface area contributed by atoms with Crippen LogP contribution in [0.1, 0.15) is 36.7 Å². The number of carboxylic acid groups (broad SMARTS) is 1. The van der Waals surface area contributed by atoms with E-state index in [4.69, 9.17) is 23.2 Å². The van der Waals surface area contributed by atoms with Crippen molar-refractivity contribution in [2.75, 3.05) is 11.9 Å². The second kappa shape index (κ2) is 9.90. The number of piperidine rings is 1. The van der Waals surface area contributed by atoms with Crippen LogP contribution in [0.25, 0.3) is 0 Å². The lowest BCUT2D eigenvalue weighted by molar-refractivity contribution is -0.153. The first-order valence-electron chi connectivity index (χ1n) is 11.0. The van der Waals surface area contributed by atoms with Crippen LogP contribution in [-0.2, 0) is 17.8 Å². The normalized spacial score (nSPS) is 20.9. The predicted molar refractivity (Wildman–Crippen MR) is 130 cm³/mol. The minimum atomic E-state index is -1.03. The number of anilines is 2. The van der Waals surface area contributed by atoms with Crippen molar-refractivity contribution in [3.05, 3.63) is 69.2 Å². The van der Waals surface area contributed by atoms with E-state index in [0.717, 1.165) is 5.69 Å². The number of aromatic amines is 1. The first kappa shape index (κ1) is 24.4. The van der Waals surface area contributed by atoms with E-state index in [0.29, 0.717) is 53.8 Å². The van der Waals surface area contributed by atoms with Crippen molar-refractivity contribution < 1.29 is 14.3 Å². The van der Waals surface area contributed by atoms with E-state index in [1.165, 1.54) is 6.07 Å². The summed E-state index contributed by atoms with van der Waals surface area (Å²) in [6.07, 6.45) is 0.974. The Bertz CT molecular complexity index is 1200. The molecule has 180 valence electrons. The van der Waals surface area contributed by atoms with E-state index >= 15 is 0 Å². The molecule has 1 aliphatic heterocycles. The molecule has 0 bridgehead atoms. The number of carboxylic acids is 1. The highest BCUT2D eigenvalue weighted by Gasteiger charge is 2.45. The van der Waals surface area contributed by atoms with Crippen LogP contribution in [0.4, 0.5) is 16.0 Å². The number of benzene rings is 1. The van der Waals surface area contributed by atoms with E-state index < -0.39 is 17.2 Å². The number of H-pyrrole nitrogens is 1. The Hall–Kier alpha value is -2.68. The molecule has 3 heterocycles. The Morgan fingerprint density at radius 2 is 2.09 bits per heavy atom. The molecule has 0 aliphatic carbocycles. The van der Waals surface area contributed by atoms with Gasteiger partial charge in [0.15, 0.2) is 5.82 Å². The largest absolute Gasteiger partial charge is 0.481 e. The van der Waals surface area contributed by atoms with Gasteiger partial charge in [0.25, 0.3) is 0 Å². The van der Waals surface area contributed by atoms with Gasteiger partial charge in [-0.05, 0) is 51.4 Å². The van der Waals surface area contributed by atoms with E-state index in [2.05, 4.69) is 25.4 Å². The van der Waals surface area contributed by atoms with Crippen molar-refractivity contribution >= 4 is 40.8 Å². The number of pyridine rings is 1. The van der Waals surface area contributed by atoms with Crippen LogP contribution in [-0.4, -0.2) is 43.7 Å². The van der Waals surface area contributed by atoms with Crippen molar-refractivity contribution in [3.63, 3.8) is 0 Å². The maximum atomic E-state index is 14.4. The van der Waals surface area contributed by atoms with Crippen LogP contribution in [0, 0.1) is 18.2 Å². The molecule has 4 rings (SSSR count). The fourth-order valence-electron chi connectivity index (χ4n) is 4.54. The lowest BCUT2D eigenvalue weighted by Crippen LogP contribution is -2.49. The zero-order valence-electron chi connectivity index (χ0n) is 18.9. The van der Waals surface area contributed by atoms with Crippen molar-refractivity contribution in [1.82, 2.24) is 20.1 Å². The zero-order valence-corrected chi connectivity index (χ0v) is 20.4. The summed E-state index contributed by atoms with van der Waals surface area (Å²) in [5.74, 6) is -0.166. The summed E-state index contributed by atoms with van der Waals surface area (Å²) in [5.41, 5.74) is 0.892. The molecule has 1 fully saturated rings. The van der Waals surface area contributed by atoms with Gasteiger partial charge in [-0.2, -0.15) is 5.10 Å². The minimum Gasteiger partial charge on any atom is -0.481 e. The number of halogens is 3. The zero-order chi connectivity index (χ0) is 24.5. The number of aliphatic carboxylic acids is 1. The third kappa shape index (κ3) is 5.19. The average Bonchev–Trinajstić information content (AvgIpc) is 3.20. The number of hydrogen-bond donors (Lipinski definition) is 3. The van der Waals surface area contributed by atoms with Crippen LogP contribution in [0.5, 0.6) is 0 Å². The molecule has 1 saturated heterocycles. The highest BCUT2D eigenvalue weighted by molar-refractivity contribution is 6.31. The van der Waals surface area contributed by atoms with Crippen molar-refractivity contribution in [1.29, 1.82) is 0 Å². The maximum absolute atomic E-state index is 14.4. The first-order valence-corrected chi connectivity index (χ1v) is 11.8. The smallest absolute Gasteiger partial charge is 0.310 e. The fourth-order valence-corrected chi connectivity index (χ4v) is 4.91. The Morgan fingerprint density at radius 1 is 1.29 bits per heavy atom. The van der Waals surface area contributed by atoms with Crippen LogP contribution in [0.2, 0.25) is 10.0 Å². The number of nitrogens with zero attached hydrogens (tertiary/aromatic N) is 3. The summed E-state index contributed by atoms with van der Waals surface area (Å²) in [5, 5.41) is 20.8. The van der Waals surface area contributed by atoms with E-state index in [9.17, 15) is 14.3 Å². The fraction of sp³-hybridized carbons (Fsp3) is 0.375. The summed E-state index contributed by atoms with van der Waals surface area (Å²) >= 11 is 12.3. The van der Waals surface area contributed by atoms with Crippen LogP contribution in [0.15, 0.2) is 36.4 Å². The van der Waals surface area contributed by atoms with Gasteiger partial charge in [-0.25, -0.2) is 9.37 Å².